The van der Waals surface area contributed by atoms with Gasteiger partial charge in [-0.2, -0.15) is 18.3 Å². The molecule has 0 fully saturated rings. The lowest BCUT2D eigenvalue weighted by atomic mass is 9.76. The van der Waals surface area contributed by atoms with Gasteiger partial charge in [0.1, 0.15) is 17.1 Å². The molecule has 35 heavy (non-hydrogen) atoms. The number of alkyl halides is 3. The van der Waals surface area contributed by atoms with Crippen molar-refractivity contribution in [3.63, 3.8) is 0 Å². The maximum atomic E-state index is 13.2. The van der Waals surface area contributed by atoms with E-state index in [1.165, 1.54) is 11.9 Å². The summed E-state index contributed by atoms with van der Waals surface area (Å²) < 4.78 is 44.4. The SMILES string of the molecule is COC(=O)CCc1cc(-n2nc3c(n2)CCC(C(F)(F)F)=C3)c(O)c(C(C)(C)c2ccccc2)c1. The van der Waals surface area contributed by atoms with Gasteiger partial charge in [-0.25, -0.2) is 0 Å². The Morgan fingerprint density at radius 1 is 1.11 bits per heavy atom. The number of phenolic OH excluding ortho intramolecular Hbond substituents is 1. The van der Waals surface area contributed by atoms with Crippen LogP contribution >= 0.6 is 0 Å². The molecule has 6 nitrogen and oxygen atoms in total. The molecule has 0 saturated carbocycles. The molecule has 9 heteroatoms. The Hall–Kier alpha value is -3.62. The molecule has 1 heterocycles. The Kier molecular flexibility index (Phi) is 6.44. The fourth-order valence-corrected chi connectivity index (χ4v) is 4.27. The van der Waals surface area contributed by atoms with Gasteiger partial charge in [0.2, 0.25) is 0 Å². The highest BCUT2D eigenvalue weighted by Gasteiger charge is 2.36. The van der Waals surface area contributed by atoms with E-state index in [9.17, 15) is 23.1 Å². The van der Waals surface area contributed by atoms with Gasteiger partial charge in [-0.15, -0.1) is 9.90 Å². The number of fused-ring (bicyclic) bond motifs is 1. The molecule has 1 aliphatic carbocycles. The third-order valence-electron chi connectivity index (χ3n) is 6.40. The fraction of sp³-hybridized carbons (Fsp3) is 0.346. The summed E-state index contributed by atoms with van der Waals surface area (Å²) in [5.41, 5.74) is 1.80. The molecule has 0 bridgehead atoms. The number of allylic oxidation sites excluding steroid dienone is 1. The summed E-state index contributed by atoms with van der Waals surface area (Å²) in [5.74, 6) is -0.450. The van der Waals surface area contributed by atoms with Crippen LogP contribution < -0.4 is 0 Å². The van der Waals surface area contributed by atoms with Crippen molar-refractivity contribution in [3.05, 3.63) is 76.1 Å². The number of carbonyl (C=O) groups excluding carboxylic acids is 1. The average molecular weight is 486 g/mol. The van der Waals surface area contributed by atoms with Crippen LogP contribution in [0.5, 0.6) is 5.75 Å². The van der Waals surface area contributed by atoms with Gasteiger partial charge in [-0.05, 0) is 42.5 Å². The van der Waals surface area contributed by atoms with E-state index < -0.39 is 17.2 Å². The lowest BCUT2D eigenvalue weighted by molar-refractivity contribution is -0.140. The summed E-state index contributed by atoms with van der Waals surface area (Å²) in [6, 6.07) is 13.1. The first-order chi connectivity index (χ1) is 16.5. The van der Waals surface area contributed by atoms with Gasteiger partial charge in [-0.3, -0.25) is 4.79 Å². The number of carbonyl (C=O) groups is 1. The van der Waals surface area contributed by atoms with Crippen molar-refractivity contribution in [2.75, 3.05) is 7.11 Å². The number of aryl methyl sites for hydroxylation is 2. The van der Waals surface area contributed by atoms with E-state index in [4.69, 9.17) is 4.74 Å². The predicted octanol–water partition coefficient (Wildman–Crippen LogP) is 5.30. The summed E-state index contributed by atoms with van der Waals surface area (Å²) in [4.78, 5) is 12.9. The van der Waals surface area contributed by atoms with E-state index in [1.54, 1.807) is 6.07 Å². The number of halogens is 3. The van der Waals surface area contributed by atoms with E-state index >= 15 is 0 Å². The van der Waals surface area contributed by atoms with Gasteiger partial charge in [0.15, 0.2) is 0 Å². The van der Waals surface area contributed by atoms with Crippen LogP contribution in [0.4, 0.5) is 13.2 Å². The number of benzene rings is 2. The van der Waals surface area contributed by atoms with Crippen LogP contribution in [-0.2, 0) is 27.8 Å². The lowest BCUT2D eigenvalue weighted by Gasteiger charge is -2.28. The minimum Gasteiger partial charge on any atom is -0.505 e. The van der Waals surface area contributed by atoms with Gasteiger partial charge < -0.3 is 9.84 Å². The van der Waals surface area contributed by atoms with Crippen LogP contribution in [-0.4, -0.2) is 39.4 Å². The van der Waals surface area contributed by atoms with E-state index in [0.717, 1.165) is 17.2 Å². The quantitative estimate of drug-likeness (QED) is 0.480. The summed E-state index contributed by atoms with van der Waals surface area (Å²) >= 11 is 0. The number of methoxy groups -OCH3 is 1. The second-order valence-electron chi connectivity index (χ2n) is 9.07. The van der Waals surface area contributed by atoms with Crippen molar-refractivity contribution in [1.29, 1.82) is 0 Å². The number of phenols is 1. The molecule has 0 saturated heterocycles. The number of aromatic hydroxyl groups is 1. The molecule has 0 aliphatic heterocycles. The second kappa shape index (κ2) is 9.20. The van der Waals surface area contributed by atoms with Crippen molar-refractivity contribution in [2.45, 2.75) is 51.1 Å². The molecule has 4 rings (SSSR count). The number of hydrogen-bond donors (Lipinski definition) is 1. The molecule has 0 spiro atoms. The van der Waals surface area contributed by atoms with Crippen molar-refractivity contribution < 1.29 is 27.8 Å². The standard InChI is InChI=1S/C26H26F3N3O3/c1-25(2,17-7-5-4-6-8-17)19-13-16(9-12-23(33)35-3)14-22(24(19)34)32-30-20-11-10-18(26(27,28)29)15-21(20)31-32/h4-8,13-15,34H,9-12H2,1-3H3. The summed E-state index contributed by atoms with van der Waals surface area (Å²) in [6.07, 6.45) is -3.01. The highest BCUT2D eigenvalue weighted by molar-refractivity contribution is 5.69. The number of esters is 1. The molecule has 1 N–H and O–H groups in total. The Bertz CT molecular complexity index is 1280. The molecule has 0 amide bonds. The molecule has 3 aromatic rings. The summed E-state index contributed by atoms with van der Waals surface area (Å²) in [6.45, 7) is 3.93. The zero-order valence-electron chi connectivity index (χ0n) is 19.7. The molecular formula is C26H26F3N3O3. The summed E-state index contributed by atoms with van der Waals surface area (Å²) in [5, 5.41) is 20.0. The van der Waals surface area contributed by atoms with Crippen molar-refractivity contribution in [1.82, 2.24) is 15.0 Å². The minimum atomic E-state index is -4.43. The zero-order valence-corrected chi connectivity index (χ0v) is 19.7. The molecule has 1 aromatic heterocycles. The number of hydrogen-bond acceptors (Lipinski definition) is 5. The van der Waals surface area contributed by atoms with Crippen molar-refractivity contribution in [2.24, 2.45) is 0 Å². The molecule has 2 aromatic carbocycles. The van der Waals surface area contributed by atoms with E-state index in [-0.39, 0.29) is 42.4 Å². The smallest absolute Gasteiger partial charge is 0.412 e. The Balaban J connectivity index is 1.83. The maximum absolute atomic E-state index is 13.2. The first kappa shape index (κ1) is 24.5. The lowest BCUT2D eigenvalue weighted by Crippen LogP contribution is -2.20. The zero-order chi connectivity index (χ0) is 25.4. The number of rotatable bonds is 6. The van der Waals surface area contributed by atoms with E-state index in [0.29, 0.717) is 17.7 Å². The highest BCUT2D eigenvalue weighted by Crippen LogP contribution is 2.41. The van der Waals surface area contributed by atoms with Crippen molar-refractivity contribution >= 4 is 12.0 Å². The van der Waals surface area contributed by atoms with E-state index in [2.05, 4.69) is 10.2 Å². The van der Waals surface area contributed by atoms with Crippen LogP contribution in [0.25, 0.3) is 11.8 Å². The predicted molar refractivity (Wildman–Crippen MR) is 124 cm³/mol. The molecule has 184 valence electrons. The Morgan fingerprint density at radius 3 is 2.49 bits per heavy atom. The third kappa shape index (κ3) is 4.94. The number of nitrogens with zero attached hydrogens (tertiary/aromatic N) is 3. The molecule has 1 aliphatic rings. The normalized spacial score (nSPS) is 13.8. The van der Waals surface area contributed by atoms with Crippen LogP contribution in [0.15, 0.2) is 48.0 Å². The monoisotopic (exact) mass is 485 g/mol. The van der Waals surface area contributed by atoms with Gasteiger partial charge in [0.25, 0.3) is 0 Å². The molecular weight excluding hydrogens is 459 g/mol. The third-order valence-corrected chi connectivity index (χ3v) is 6.40. The second-order valence-corrected chi connectivity index (χ2v) is 9.07. The Morgan fingerprint density at radius 2 is 1.83 bits per heavy atom. The first-order valence-electron chi connectivity index (χ1n) is 11.2. The molecule has 0 atom stereocenters. The molecule has 0 radical (unpaired) electrons. The number of ether oxygens (including phenoxy) is 1. The minimum absolute atomic E-state index is 0.0759. The highest BCUT2D eigenvalue weighted by atomic mass is 19.4. The topological polar surface area (TPSA) is 77.2 Å². The van der Waals surface area contributed by atoms with E-state index in [1.807, 2.05) is 50.2 Å². The van der Waals surface area contributed by atoms with Crippen molar-refractivity contribution in [3.8, 4) is 11.4 Å². The number of aromatic nitrogens is 3. The molecule has 0 unspecified atom stereocenters. The fourth-order valence-electron chi connectivity index (χ4n) is 4.27. The first-order valence-corrected chi connectivity index (χ1v) is 11.2. The van der Waals surface area contributed by atoms with Crippen LogP contribution in [0.2, 0.25) is 0 Å². The summed E-state index contributed by atoms with van der Waals surface area (Å²) in [7, 11) is 1.31. The average Bonchev–Trinajstić information content (AvgIpc) is 3.26. The van der Waals surface area contributed by atoms with Crippen LogP contribution in [0, 0.1) is 0 Å². The van der Waals surface area contributed by atoms with Crippen LogP contribution in [0.1, 0.15) is 54.8 Å². The van der Waals surface area contributed by atoms with Gasteiger partial charge in [-0.1, -0.05) is 50.2 Å². The van der Waals surface area contributed by atoms with Gasteiger partial charge >= 0.3 is 12.1 Å². The maximum Gasteiger partial charge on any atom is 0.412 e. The van der Waals surface area contributed by atoms with Gasteiger partial charge in [0.05, 0.1) is 12.8 Å². The van der Waals surface area contributed by atoms with Gasteiger partial charge in [0, 0.05) is 23.0 Å². The largest absolute Gasteiger partial charge is 0.505 e. The Labute approximate surface area is 201 Å². The van der Waals surface area contributed by atoms with Crippen LogP contribution in [0.3, 0.4) is 0 Å².